The number of aromatic nitrogens is 1. The summed E-state index contributed by atoms with van der Waals surface area (Å²) in [4.78, 5) is 14.2. The number of rotatable bonds is 4. The molecule has 0 fully saturated rings. The first kappa shape index (κ1) is 12.5. The Hall–Kier alpha value is -1.56. The highest BCUT2D eigenvalue weighted by Gasteiger charge is 2.19. The smallest absolute Gasteiger partial charge is 0.307 e. The number of nitrogens with two attached hydrogens (primary N) is 1. The second kappa shape index (κ2) is 4.98. The first-order valence-electron chi connectivity index (χ1n) is 4.65. The van der Waals surface area contributed by atoms with Gasteiger partial charge in [-0.25, -0.2) is 8.78 Å². The van der Waals surface area contributed by atoms with Crippen LogP contribution >= 0.6 is 0 Å². The summed E-state index contributed by atoms with van der Waals surface area (Å²) in [6.07, 6.45) is -3.25. The van der Waals surface area contributed by atoms with Gasteiger partial charge in [0.1, 0.15) is 5.69 Å². The molecule has 0 saturated carbocycles. The second-order valence-corrected chi connectivity index (χ2v) is 3.37. The molecule has 1 rings (SSSR count). The van der Waals surface area contributed by atoms with Crippen LogP contribution in [0.1, 0.15) is 28.9 Å². The highest BCUT2D eigenvalue weighted by molar-refractivity contribution is 5.71. The zero-order chi connectivity index (χ0) is 12.3. The fraction of sp³-hybridized carbons (Fsp3) is 0.400. The molecule has 0 aliphatic heterocycles. The summed E-state index contributed by atoms with van der Waals surface area (Å²) in [6.45, 7) is 1.62. The van der Waals surface area contributed by atoms with Gasteiger partial charge < -0.3 is 10.8 Å². The van der Waals surface area contributed by atoms with E-state index < -0.39 is 24.5 Å². The number of aryl methyl sites for hydroxylation is 1. The van der Waals surface area contributed by atoms with Crippen molar-refractivity contribution in [3.8, 4) is 0 Å². The Morgan fingerprint density at radius 1 is 1.62 bits per heavy atom. The van der Waals surface area contributed by atoms with Crippen molar-refractivity contribution in [3.63, 3.8) is 0 Å². The molecule has 0 radical (unpaired) electrons. The molecule has 0 saturated heterocycles. The SMILES string of the molecule is Cc1cc(CN)nc(C(F)F)c1CC(=O)O. The quantitative estimate of drug-likeness (QED) is 0.820. The fourth-order valence-corrected chi connectivity index (χ4v) is 1.46. The van der Waals surface area contributed by atoms with Crippen LogP contribution in [0, 0.1) is 6.92 Å². The highest BCUT2D eigenvalue weighted by Crippen LogP contribution is 2.24. The molecule has 3 N–H and O–H groups in total. The molecule has 0 unspecified atom stereocenters. The largest absolute Gasteiger partial charge is 0.481 e. The third-order valence-corrected chi connectivity index (χ3v) is 2.18. The summed E-state index contributed by atoms with van der Waals surface area (Å²) in [5.41, 5.74) is 5.72. The standard InChI is InChI=1S/C10H12F2N2O2/c1-5-2-6(4-13)14-9(10(11)12)7(5)3-8(15)16/h2,10H,3-4,13H2,1H3,(H,15,16). The summed E-state index contributed by atoms with van der Waals surface area (Å²) in [7, 11) is 0. The summed E-state index contributed by atoms with van der Waals surface area (Å²) in [6, 6.07) is 1.53. The lowest BCUT2D eigenvalue weighted by atomic mass is 10.0. The molecule has 0 aliphatic carbocycles. The van der Waals surface area contributed by atoms with Crippen molar-refractivity contribution in [2.24, 2.45) is 5.73 Å². The number of halogens is 2. The van der Waals surface area contributed by atoms with Gasteiger partial charge in [-0.2, -0.15) is 0 Å². The maximum atomic E-state index is 12.7. The minimum atomic E-state index is -2.79. The van der Waals surface area contributed by atoms with Gasteiger partial charge in [0, 0.05) is 6.54 Å². The number of nitrogens with zero attached hydrogens (tertiary/aromatic N) is 1. The summed E-state index contributed by atoms with van der Waals surface area (Å²) >= 11 is 0. The number of alkyl halides is 2. The molecule has 4 nitrogen and oxygen atoms in total. The first-order valence-corrected chi connectivity index (χ1v) is 4.65. The van der Waals surface area contributed by atoms with Crippen LogP contribution in [-0.2, 0) is 17.8 Å². The first-order chi connectivity index (χ1) is 7.45. The molecule has 0 atom stereocenters. The number of carbonyl (C=O) groups is 1. The van der Waals surface area contributed by atoms with Crippen LogP contribution < -0.4 is 5.73 Å². The van der Waals surface area contributed by atoms with E-state index in [9.17, 15) is 13.6 Å². The Labute approximate surface area is 91.1 Å². The Balaban J connectivity index is 3.27. The third kappa shape index (κ3) is 2.73. The molecule has 1 aromatic rings. The maximum Gasteiger partial charge on any atom is 0.307 e. The molecule has 1 heterocycles. The van der Waals surface area contributed by atoms with Gasteiger partial charge in [-0.05, 0) is 24.1 Å². The van der Waals surface area contributed by atoms with Crippen LogP contribution in [0.15, 0.2) is 6.07 Å². The molecule has 1 aromatic heterocycles. The van der Waals surface area contributed by atoms with Crippen molar-refractivity contribution in [1.29, 1.82) is 0 Å². The molecule has 0 aliphatic rings. The Kier molecular flexibility index (Phi) is 3.89. The van der Waals surface area contributed by atoms with Gasteiger partial charge in [-0.3, -0.25) is 9.78 Å². The number of hydrogen-bond acceptors (Lipinski definition) is 3. The maximum absolute atomic E-state index is 12.7. The Morgan fingerprint density at radius 2 is 2.25 bits per heavy atom. The molecule has 16 heavy (non-hydrogen) atoms. The van der Waals surface area contributed by atoms with Crippen molar-refractivity contribution in [2.75, 3.05) is 0 Å². The van der Waals surface area contributed by atoms with Crippen LogP contribution in [0.25, 0.3) is 0 Å². The molecule has 88 valence electrons. The van der Waals surface area contributed by atoms with E-state index in [4.69, 9.17) is 10.8 Å². The predicted molar refractivity (Wildman–Crippen MR) is 53.2 cm³/mol. The van der Waals surface area contributed by atoms with Gasteiger partial charge in [-0.15, -0.1) is 0 Å². The van der Waals surface area contributed by atoms with Crippen molar-refractivity contribution < 1.29 is 18.7 Å². The van der Waals surface area contributed by atoms with Crippen LogP contribution in [-0.4, -0.2) is 16.1 Å². The summed E-state index contributed by atoms with van der Waals surface area (Å²) < 4.78 is 25.4. The fourth-order valence-electron chi connectivity index (χ4n) is 1.46. The second-order valence-electron chi connectivity index (χ2n) is 3.37. The van der Waals surface area contributed by atoms with Crippen molar-refractivity contribution in [2.45, 2.75) is 26.3 Å². The van der Waals surface area contributed by atoms with Gasteiger partial charge in [0.05, 0.1) is 12.1 Å². The number of carboxylic acid groups (broad SMARTS) is 1. The lowest BCUT2D eigenvalue weighted by molar-refractivity contribution is -0.136. The Morgan fingerprint density at radius 3 is 2.69 bits per heavy atom. The van der Waals surface area contributed by atoms with Crippen LogP contribution in [0.5, 0.6) is 0 Å². The zero-order valence-corrected chi connectivity index (χ0v) is 8.70. The molecular weight excluding hydrogens is 218 g/mol. The van der Waals surface area contributed by atoms with Crippen molar-refractivity contribution >= 4 is 5.97 Å². The number of aliphatic carboxylic acids is 1. The molecule has 0 amide bonds. The highest BCUT2D eigenvalue weighted by atomic mass is 19.3. The van der Waals surface area contributed by atoms with Crippen molar-refractivity contribution in [3.05, 3.63) is 28.6 Å². The summed E-state index contributed by atoms with van der Waals surface area (Å²) in [5.74, 6) is -1.16. The van der Waals surface area contributed by atoms with Gasteiger partial charge in [0.15, 0.2) is 0 Å². The van der Waals surface area contributed by atoms with Crippen LogP contribution in [0.2, 0.25) is 0 Å². The van der Waals surface area contributed by atoms with Gasteiger partial charge in [-0.1, -0.05) is 0 Å². The number of pyridine rings is 1. The van der Waals surface area contributed by atoms with Gasteiger partial charge in [0.2, 0.25) is 0 Å². The molecule has 0 aromatic carbocycles. The third-order valence-electron chi connectivity index (χ3n) is 2.18. The van der Waals surface area contributed by atoms with E-state index in [0.29, 0.717) is 11.3 Å². The van der Waals surface area contributed by atoms with E-state index in [1.54, 1.807) is 6.92 Å². The van der Waals surface area contributed by atoms with E-state index in [2.05, 4.69) is 4.98 Å². The molecule has 0 bridgehead atoms. The van der Waals surface area contributed by atoms with E-state index in [0.717, 1.165) is 0 Å². The number of hydrogen-bond donors (Lipinski definition) is 2. The van der Waals surface area contributed by atoms with E-state index >= 15 is 0 Å². The lowest BCUT2D eigenvalue weighted by Crippen LogP contribution is -2.11. The molecule has 0 spiro atoms. The minimum Gasteiger partial charge on any atom is -0.481 e. The average molecular weight is 230 g/mol. The number of carboxylic acids is 1. The van der Waals surface area contributed by atoms with Crippen LogP contribution in [0.3, 0.4) is 0 Å². The predicted octanol–water partition coefficient (Wildman–Crippen LogP) is 1.41. The minimum absolute atomic E-state index is 0.0495. The molecule has 6 heteroatoms. The lowest BCUT2D eigenvalue weighted by Gasteiger charge is -2.11. The summed E-state index contributed by atoms with van der Waals surface area (Å²) in [5, 5.41) is 8.63. The van der Waals surface area contributed by atoms with E-state index in [-0.39, 0.29) is 12.1 Å². The van der Waals surface area contributed by atoms with Gasteiger partial charge in [0.25, 0.3) is 6.43 Å². The topological polar surface area (TPSA) is 76.2 Å². The van der Waals surface area contributed by atoms with E-state index in [1.165, 1.54) is 6.07 Å². The average Bonchev–Trinajstić information content (AvgIpc) is 2.19. The molecular formula is C10H12F2N2O2. The Bertz CT molecular complexity index is 408. The van der Waals surface area contributed by atoms with Crippen molar-refractivity contribution in [1.82, 2.24) is 4.98 Å². The van der Waals surface area contributed by atoms with Crippen LogP contribution in [0.4, 0.5) is 8.78 Å². The zero-order valence-electron chi connectivity index (χ0n) is 8.70. The monoisotopic (exact) mass is 230 g/mol. The normalized spacial score (nSPS) is 10.8. The van der Waals surface area contributed by atoms with E-state index in [1.807, 2.05) is 0 Å². The van der Waals surface area contributed by atoms with Gasteiger partial charge >= 0.3 is 5.97 Å².